The number of carbonyl (C=O) groups excluding carboxylic acids is 4. The van der Waals surface area contributed by atoms with E-state index in [1.807, 2.05) is 20.8 Å². The van der Waals surface area contributed by atoms with Gasteiger partial charge in [-0.1, -0.05) is 25.4 Å². The highest BCUT2D eigenvalue weighted by Gasteiger charge is 2.22. The average molecular weight is 637 g/mol. The lowest BCUT2D eigenvalue weighted by Crippen LogP contribution is -2.46. The molecule has 0 aliphatic carbocycles. The molecule has 11 nitrogen and oxygen atoms in total. The van der Waals surface area contributed by atoms with Gasteiger partial charge in [0.2, 0.25) is 0 Å². The highest BCUT2D eigenvalue weighted by molar-refractivity contribution is 6.30. The zero-order valence-electron chi connectivity index (χ0n) is 25.6. The first-order valence-electron chi connectivity index (χ1n) is 14.5. The summed E-state index contributed by atoms with van der Waals surface area (Å²) in [6.07, 6.45) is 1.85. The smallest absolute Gasteiger partial charge is 0.338 e. The number of rotatable bonds is 15. The van der Waals surface area contributed by atoms with Gasteiger partial charge in [0.15, 0.2) is 18.1 Å². The van der Waals surface area contributed by atoms with Crippen LogP contribution in [0.5, 0.6) is 11.5 Å². The van der Waals surface area contributed by atoms with Gasteiger partial charge in [-0.15, -0.1) is 0 Å². The zero-order valence-corrected chi connectivity index (χ0v) is 26.4. The van der Waals surface area contributed by atoms with E-state index in [4.69, 9.17) is 25.8 Å². The van der Waals surface area contributed by atoms with Gasteiger partial charge >= 0.3 is 5.97 Å². The van der Waals surface area contributed by atoms with Gasteiger partial charge in [-0.05, 0) is 98.5 Å². The van der Waals surface area contributed by atoms with Crippen LogP contribution in [0.15, 0.2) is 71.8 Å². The molecule has 0 saturated carbocycles. The maximum Gasteiger partial charge on any atom is 0.338 e. The van der Waals surface area contributed by atoms with Crippen LogP contribution in [0.25, 0.3) is 0 Å². The highest BCUT2D eigenvalue weighted by atomic mass is 35.5. The first kappa shape index (κ1) is 34.6. The summed E-state index contributed by atoms with van der Waals surface area (Å²) in [6.45, 7) is 7.76. The predicted molar refractivity (Wildman–Crippen MR) is 172 cm³/mol. The molecule has 12 heteroatoms. The fraction of sp³-hybridized carbons (Fsp3) is 0.303. The third-order valence-electron chi connectivity index (χ3n) is 6.13. The summed E-state index contributed by atoms with van der Waals surface area (Å²) in [7, 11) is 0. The number of esters is 1. The molecule has 0 saturated heterocycles. The Bertz CT molecular complexity index is 1490. The molecule has 0 bridgehead atoms. The Morgan fingerprint density at radius 1 is 0.867 bits per heavy atom. The van der Waals surface area contributed by atoms with E-state index in [0.717, 1.165) is 0 Å². The van der Waals surface area contributed by atoms with Gasteiger partial charge in [0, 0.05) is 16.3 Å². The number of halogens is 1. The van der Waals surface area contributed by atoms with Gasteiger partial charge in [0.1, 0.15) is 6.04 Å². The molecule has 1 unspecified atom stereocenters. The van der Waals surface area contributed by atoms with Gasteiger partial charge in [-0.3, -0.25) is 14.4 Å². The number of benzene rings is 3. The van der Waals surface area contributed by atoms with E-state index >= 15 is 0 Å². The third-order valence-corrected chi connectivity index (χ3v) is 6.38. The van der Waals surface area contributed by atoms with Crippen molar-refractivity contribution in [2.24, 2.45) is 11.0 Å². The average Bonchev–Trinajstić information content (AvgIpc) is 3.01. The molecule has 0 fully saturated rings. The molecule has 238 valence electrons. The monoisotopic (exact) mass is 636 g/mol. The van der Waals surface area contributed by atoms with Gasteiger partial charge in [0.25, 0.3) is 17.7 Å². The van der Waals surface area contributed by atoms with Crippen LogP contribution in [0.4, 0.5) is 5.69 Å². The van der Waals surface area contributed by atoms with Crippen LogP contribution in [0, 0.1) is 5.92 Å². The van der Waals surface area contributed by atoms with Crippen LogP contribution in [0.1, 0.15) is 60.4 Å². The number of hydrazone groups is 1. The maximum atomic E-state index is 12.9. The van der Waals surface area contributed by atoms with Crippen molar-refractivity contribution in [1.82, 2.24) is 10.7 Å². The molecule has 45 heavy (non-hydrogen) atoms. The Morgan fingerprint density at radius 3 is 2.20 bits per heavy atom. The molecular formula is C33H37ClN4O7. The quantitative estimate of drug-likeness (QED) is 0.118. The number of nitrogens with zero attached hydrogens (tertiary/aromatic N) is 1. The molecule has 3 aromatic carbocycles. The minimum atomic E-state index is -0.804. The normalized spacial score (nSPS) is 11.5. The van der Waals surface area contributed by atoms with Crippen molar-refractivity contribution in [3.8, 4) is 11.5 Å². The predicted octanol–water partition coefficient (Wildman–Crippen LogP) is 5.23. The summed E-state index contributed by atoms with van der Waals surface area (Å²) in [5.74, 6) is -0.848. The number of hydrogen-bond donors (Lipinski definition) is 3. The molecule has 0 aliphatic heterocycles. The van der Waals surface area contributed by atoms with Crippen LogP contribution in [0.2, 0.25) is 5.02 Å². The van der Waals surface area contributed by atoms with E-state index < -0.39 is 29.7 Å². The Kier molecular flexibility index (Phi) is 13.4. The summed E-state index contributed by atoms with van der Waals surface area (Å²) in [5.41, 5.74) is 4.36. The number of hydrogen-bond acceptors (Lipinski definition) is 8. The molecular weight excluding hydrogens is 600 g/mol. The van der Waals surface area contributed by atoms with Crippen molar-refractivity contribution in [1.29, 1.82) is 0 Å². The lowest BCUT2D eigenvalue weighted by molar-refractivity contribution is -0.123. The van der Waals surface area contributed by atoms with Crippen molar-refractivity contribution in [2.75, 3.05) is 25.1 Å². The van der Waals surface area contributed by atoms with E-state index in [-0.39, 0.29) is 19.1 Å². The molecule has 0 aromatic heterocycles. The van der Waals surface area contributed by atoms with E-state index in [1.165, 1.54) is 6.21 Å². The van der Waals surface area contributed by atoms with Crippen LogP contribution in [-0.4, -0.2) is 55.8 Å². The van der Waals surface area contributed by atoms with Crippen LogP contribution in [0.3, 0.4) is 0 Å². The number of ether oxygens (including phenoxy) is 3. The Hall–Kier alpha value is -4.90. The standard InChI is InChI=1S/C33H37ClN4O7/c1-5-43-29-18-22(7-16-28(29)45-20-30(39)36-26-14-10-24(11-15-26)33(42)44-6-2)19-35-38-32(41)27(17-21(3)4)37-31(40)23-8-12-25(34)13-9-23/h7-16,18-19,21,27H,5-6,17,20H2,1-4H3,(H,36,39)(H,37,40)(H,38,41)/b35-19+. The maximum absolute atomic E-state index is 12.9. The van der Waals surface area contributed by atoms with Crippen molar-refractivity contribution >= 4 is 47.2 Å². The van der Waals surface area contributed by atoms with Crippen LogP contribution in [-0.2, 0) is 14.3 Å². The van der Waals surface area contributed by atoms with E-state index in [1.54, 1.807) is 73.7 Å². The second kappa shape index (κ2) is 17.4. The summed E-state index contributed by atoms with van der Waals surface area (Å²) in [5, 5.41) is 10.0. The topological polar surface area (TPSA) is 144 Å². The van der Waals surface area contributed by atoms with Gasteiger partial charge in [-0.25, -0.2) is 10.2 Å². The second-order valence-corrected chi connectivity index (χ2v) is 10.6. The number of amides is 3. The molecule has 3 aromatic rings. The largest absolute Gasteiger partial charge is 0.490 e. The van der Waals surface area contributed by atoms with Crippen molar-refractivity contribution in [3.05, 3.63) is 88.4 Å². The van der Waals surface area contributed by atoms with Gasteiger partial charge in [0.05, 0.1) is 25.0 Å². The molecule has 3 rings (SSSR count). The molecule has 1 atom stereocenters. The fourth-order valence-corrected chi connectivity index (χ4v) is 4.16. The van der Waals surface area contributed by atoms with E-state index in [2.05, 4.69) is 21.2 Å². The molecule has 3 amide bonds. The molecule has 0 spiro atoms. The summed E-state index contributed by atoms with van der Waals surface area (Å²) in [6, 6.07) is 16.9. The van der Waals surface area contributed by atoms with E-state index in [9.17, 15) is 19.2 Å². The lowest BCUT2D eigenvalue weighted by atomic mass is 10.0. The van der Waals surface area contributed by atoms with E-state index in [0.29, 0.717) is 51.9 Å². The van der Waals surface area contributed by atoms with Gasteiger partial charge in [-0.2, -0.15) is 5.10 Å². The zero-order chi connectivity index (χ0) is 32.8. The fourth-order valence-electron chi connectivity index (χ4n) is 4.03. The third kappa shape index (κ3) is 11.3. The second-order valence-electron chi connectivity index (χ2n) is 10.2. The Labute approximate surface area is 267 Å². The molecule has 3 N–H and O–H groups in total. The molecule has 0 radical (unpaired) electrons. The SMILES string of the molecule is CCOC(=O)c1ccc(NC(=O)COc2ccc(/C=N/NC(=O)C(CC(C)C)NC(=O)c3ccc(Cl)cc3)cc2OCC)cc1. The van der Waals surface area contributed by atoms with Crippen molar-refractivity contribution in [3.63, 3.8) is 0 Å². The minimum Gasteiger partial charge on any atom is -0.490 e. The summed E-state index contributed by atoms with van der Waals surface area (Å²) < 4.78 is 16.3. The van der Waals surface area contributed by atoms with Crippen molar-refractivity contribution < 1.29 is 33.4 Å². The van der Waals surface area contributed by atoms with Crippen molar-refractivity contribution in [2.45, 2.75) is 40.2 Å². The van der Waals surface area contributed by atoms with Crippen LogP contribution < -0.4 is 25.5 Å². The summed E-state index contributed by atoms with van der Waals surface area (Å²) >= 11 is 5.91. The number of nitrogens with one attached hydrogen (secondary N) is 3. The van der Waals surface area contributed by atoms with Crippen LogP contribution >= 0.6 is 11.6 Å². The lowest BCUT2D eigenvalue weighted by Gasteiger charge is -2.19. The first-order chi connectivity index (χ1) is 21.6. The number of anilines is 1. The first-order valence-corrected chi connectivity index (χ1v) is 14.8. The number of carbonyl (C=O) groups is 4. The van der Waals surface area contributed by atoms with Gasteiger partial charge < -0.3 is 24.8 Å². The minimum absolute atomic E-state index is 0.135. The molecule has 0 aliphatic rings. The Balaban J connectivity index is 1.58. The molecule has 0 heterocycles. The highest BCUT2D eigenvalue weighted by Crippen LogP contribution is 2.28. The Morgan fingerprint density at radius 2 is 1.56 bits per heavy atom. The summed E-state index contributed by atoms with van der Waals surface area (Å²) in [4.78, 5) is 49.9.